The average Bonchev–Trinajstić information content (AvgIpc) is 3.14. The Morgan fingerprint density at radius 2 is 1.93 bits per heavy atom. The van der Waals surface area contributed by atoms with Crippen molar-refractivity contribution in [3.63, 3.8) is 0 Å². The van der Waals surface area contributed by atoms with Gasteiger partial charge in [-0.1, -0.05) is 23.8 Å². The Balaban J connectivity index is 1.43. The lowest BCUT2D eigenvalue weighted by Crippen LogP contribution is -2.21. The van der Waals surface area contributed by atoms with Crippen molar-refractivity contribution < 1.29 is 23.1 Å². The predicted octanol–water partition coefficient (Wildman–Crippen LogP) is 3.30. The van der Waals surface area contributed by atoms with E-state index in [4.69, 9.17) is 9.15 Å². The molecule has 0 atom stereocenters. The van der Waals surface area contributed by atoms with Crippen molar-refractivity contribution in [2.75, 3.05) is 11.9 Å². The topological polar surface area (TPSA) is 94.3 Å². The van der Waals surface area contributed by atoms with Gasteiger partial charge in [0.05, 0.1) is 6.42 Å². The molecule has 28 heavy (non-hydrogen) atoms. The van der Waals surface area contributed by atoms with Crippen molar-refractivity contribution in [2.45, 2.75) is 19.8 Å². The number of carbonyl (C=O) groups excluding carboxylic acids is 2. The number of nitrogens with one attached hydrogen (secondary N) is 1. The van der Waals surface area contributed by atoms with Crippen LogP contribution < -0.4 is 5.32 Å². The fourth-order valence-electron chi connectivity index (χ4n) is 2.36. The minimum absolute atomic E-state index is 0.0111. The first-order valence-corrected chi connectivity index (χ1v) is 8.60. The summed E-state index contributed by atoms with van der Waals surface area (Å²) in [6.45, 7) is 1.51. The number of esters is 1. The number of carbonyl (C=O) groups is 2. The summed E-state index contributed by atoms with van der Waals surface area (Å²) in [4.78, 5) is 23.5. The normalized spacial score (nSPS) is 10.5. The van der Waals surface area contributed by atoms with E-state index in [2.05, 4.69) is 15.5 Å². The van der Waals surface area contributed by atoms with Gasteiger partial charge in [0.15, 0.2) is 6.61 Å². The molecular formula is C20H18FN3O4. The first-order chi connectivity index (χ1) is 13.5. The number of nitrogens with zero attached hydrogens (tertiary/aromatic N) is 2. The number of rotatable bonds is 7. The Kier molecular flexibility index (Phi) is 6.11. The summed E-state index contributed by atoms with van der Waals surface area (Å²) < 4.78 is 23.5. The van der Waals surface area contributed by atoms with Crippen LogP contribution >= 0.6 is 0 Å². The van der Waals surface area contributed by atoms with Crippen LogP contribution in [-0.2, 0) is 20.7 Å². The van der Waals surface area contributed by atoms with E-state index in [9.17, 15) is 14.0 Å². The van der Waals surface area contributed by atoms with E-state index in [1.54, 1.807) is 0 Å². The number of ether oxygens (including phenoxy) is 1. The fourth-order valence-corrected chi connectivity index (χ4v) is 2.36. The molecule has 3 aromatic rings. The summed E-state index contributed by atoms with van der Waals surface area (Å²) >= 11 is 0. The third kappa shape index (κ3) is 5.47. The van der Waals surface area contributed by atoms with Gasteiger partial charge in [0.1, 0.15) is 5.82 Å². The van der Waals surface area contributed by atoms with E-state index in [0.29, 0.717) is 11.8 Å². The van der Waals surface area contributed by atoms with Gasteiger partial charge in [-0.05, 0) is 37.3 Å². The van der Waals surface area contributed by atoms with E-state index >= 15 is 0 Å². The second-order valence-corrected chi connectivity index (χ2v) is 6.09. The number of halogens is 1. The Morgan fingerprint density at radius 3 is 2.68 bits per heavy atom. The van der Waals surface area contributed by atoms with Crippen LogP contribution in [0.5, 0.6) is 0 Å². The van der Waals surface area contributed by atoms with Crippen LogP contribution in [0.25, 0.3) is 11.5 Å². The average molecular weight is 383 g/mol. The van der Waals surface area contributed by atoms with Crippen molar-refractivity contribution >= 4 is 17.6 Å². The second kappa shape index (κ2) is 8.90. The van der Waals surface area contributed by atoms with Gasteiger partial charge in [0.25, 0.3) is 5.91 Å². The van der Waals surface area contributed by atoms with Crippen LogP contribution in [-0.4, -0.2) is 28.7 Å². The van der Waals surface area contributed by atoms with Gasteiger partial charge in [-0.3, -0.25) is 9.59 Å². The summed E-state index contributed by atoms with van der Waals surface area (Å²) in [6.07, 6.45) is 0.186. The van der Waals surface area contributed by atoms with Crippen LogP contribution in [0.4, 0.5) is 10.1 Å². The monoisotopic (exact) mass is 383 g/mol. The molecule has 8 heteroatoms. The molecule has 0 bridgehead atoms. The first kappa shape index (κ1) is 19.2. The number of amides is 1. The molecule has 0 aliphatic rings. The Labute approximate surface area is 160 Å². The quantitative estimate of drug-likeness (QED) is 0.629. The number of aryl methyl sites for hydroxylation is 2. The largest absolute Gasteiger partial charge is 0.456 e. The van der Waals surface area contributed by atoms with Gasteiger partial charge >= 0.3 is 5.97 Å². The molecule has 0 unspecified atom stereocenters. The zero-order valence-corrected chi connectivity index (χ0v) is 15.1. The van der Waals surface area contributed by atoms with Gasteiger partial charge in [0.2, 0.25) is 11.8 Å². The van der Waals surface area contributed by atoms with E-state index in [-0.39, 0.29) is 18.5 Å². The summed E-state index contributed by atoms with van der Waals surface area (Å²) in [5, 5.41) is 10.3. The lowest BCUT2D eigenvalue weighted by molar-refractivity contribution is -0.147. The maximum Gasteiger partial charge on any atom is 0.306 e. The molecular weight excluding hydrogens is 365 g/mol. The zero-order valence-electron chi connectivity index (χ0n) is 15.1. The third-order valence-electron chi connectivity index (χ3n) is 3.78. The summed E-state index contributed by atoms with van der Waals surface area (Å²) in [5.41, 5.74) is 2.20. The molecule has 1 heterocycles. The lowest BCUT2D eigenvalue weighted by Gasteiger charge is -2.06. The molecule has 144 valence electrons. The minimum Gasteiger partial charge on any atom is -0.456 e. The number of hydrogen-bond donors (Lipinski definition) is 1. The molecule has 0 fully saturated rings. The van der Waals surface area contributed by atoms with E-state index < -0.39 is 24.3 Å². The van der Waals surface area contributed by atoms with Gasteiger partial charge in [0, 0.05) is 17.7 Å². The molecule has 0 aliphatic carbocycles. The molecule has 0 saturated heterocycles. The Hall–Kier alpha value is -3.55. The standard InChI is InChI=1S/C20H18FN3O4/c1-13-5-7-14(8-6-13)20-24-23-18(28-20)9-10-19(26)27-12-17(25)22-16-4-2-3-15(21)11-16/h2-8,11H,9-10,12H2,1H3,(H,22,25). The number of aromatic nitrogens is 2. The maximum absolute atomic E-state index is 13.1. The Bertz CT molecular complexity index is 970. The van der Waals surface area contributed by atoms with Crippen LogP contribution in [0, 0.1) is 12.7 Å². The predicted molar refractivity (Wildman–Crippen MR) is 98.8 cm³/mol. The van der Waals surface area contributed by atoms with E-state index in [0.717, 1.165) is 11.1 Å². The third-order valence-corrected chi connectivity index (χ3v) is 3.78. The smallest absolute Gasteiger partial charge is 0.306 e. The highest BCUT2D eigenvalue weighted by Crippen LogP contribution is 2.18. The van der Waals surface area contributed by atoms with Crippen LogP contribution in [0.1, 0.15) is 17.9 Å². The van der Waals surface area contributed by atoms with Gasteiger partial charge < -0.3 is 14.5 Å². The Morgan fingerprint density at radius 1 is 1.14 bits per heavy atom. The summed E-state index contributed by atoms with van der Waals surface area (Å²) in [7, 11) is 0. The summed E-state index contributed by atoms with van der Waals surface area (Å²) in [6, 6.07) is 13.0. The molecule has 0 radical (unpaired) electrons. The minimum atomic E-state index is -0.579. The molecule has 1 aromatic heterocycles. The second-order valence-electron chi connectivity index (χ2n) is 6.09. The SMILES string of the molecule is Cc1ccc(-c2nnc(CCC(=O)OCC(=O)Nc3cccc(F)c3)o2)cc1. The van der Waals surface area contributed by atoms with Crippen molar-refractivity contribution in [3.05, 3.63) is 65.8 Å². The van der Waals surface area contributed by atoms with Crippen molar-refractivity contribution in [2.24, 2.45) is 0 Å². The van der Waals surface area contributed by atoms with Gasteiger partial charge in [-0.25, -0.2) is 4.39 Å². The molecule has 2 aromatic carbocycles. The number of hydrogen-bond acceptors (Lipinski definition) is 6. The fraction of sp³-hybridized carbons (Fsp3) is 0.200. The molecule has 1 amide bonds. The highest BCUT2D eigenvalue weighted by atomic mass is 19.1. The molecule has 0 saturated carbocycles. The molecule has 7 nitrogen and oxygen atoms in total. The highest BCUT2D eigenvalue weighted by Gasteiger charge is 2.13. The van der Waals surface area contributed by atoms with Gasteiger partial charge in [-0.2, -0.15) is 0 Å². The molecule has 0 spiro atoms. The van der Waals surface area contributed by atoms with E-state index in [1.165, 1.54) is 24.3 Å². The summed E-state index contributed by atoms with van der Waals surface area (Å²) in [5.74, 6) is -0.934. The molecule has 1 N–H and O–H groups in total. The maximum atomic E-state index is 13.1. The highest BCUT2D eigenvalue weighted by molar-refractivity contribution is 5.92. The van der Waals surface area contributed by atoms with Crippen LogP contribution in [0.3, 0.4) is 0 Å². The zero-order chi connectivity index (χ0) is 19.9. The van der Waals surface area contributed by atoms with Gasteiger partial charge in [-0.15, -0.1) is 10.2 Å². The number of benzene rings is 2. The van der Waals surface area contributed by atoms with Crippen molar-refractivity contribution in [3.8, 4) is 11.5 Å². The number of anilines is 1. The van der Waals surface area contributed by atoms with Crippen molar-refractivity contribution in [1.82, 2.24) is 10.2 Å². The van der Waals surface area contributed by atoms with Crippen LogP contribution in [0.15, 0.2) is 52.9 Å². The van der Waals surface area contributed by atoms with Crippen molar-refractivity contribution in [1.29, 1.82) is 0 Å². The molecule has 0 aliphatic heterocycles. The van der Waals surface area contributed by atoms with Crippen LogP contribution in [0.2, 0.25) is 0 Å². The first-order valence-electron chi connectivity index (χ1n) is 8.60. The van der Waals surface area contributed by atoms with E-state index in [1.807, 2.05) is 31.2 Å². The lowest BCUT2D eigenvalue weighted by atomic mass is 10.1. The molecule has 3 rings (SSSR count).